The molecule has 0 saturated heterocycles. The Morgan fingerprint density at radius 3 is 0.462 bits per heavy atom. The van der Waals surface area contributed by atoms with Crippen molar-refractivity contribution in [2.75, 3.05) is 0 Å². The predicted octanol–water partition coefficient (Wildman–Crippen LogP) is -3.75. The van der Waals surface area contributed by atoms with Gasteiger partial charge >= 0.3 is 53.7 Å². The molecule has 0 radical (unpaired) electrons. The standard InChI is InChI=1S/3C6H8O7/c3*7-3(8)1-6(13,5(11)12)2-4(9)10/h3*13H,1-2H2,(H,7,8)(H,9,10)(H,11,12). The highest BCUT2D eigenvalue weighted by atomic mass is 16.4. The highest BCUT2D eigenvalue weighted by molar-refractivity contribution is 5.89. The summed E-state index contributed by atoms with van der Waals surface area (Å²) in [5.41, 5.74) is -8.22. The van der Waals surface area contributed by atoms with Gasteiger partial charge in [-0.2, -0.15) is 0 Å². The topological polar surface area (TPSA) is 396 Å². The second-order valence-corrected chi connectivity index (χ2v) is 7.43. The molecule has 0 unspecified atom stereocenters. The highest BCUT2D eigenvalue weighted by Crippen LogP contribution is 2.17. The number of hydrogen-bond acceptors (Lipinski definition) is 12. The molecular weight excluding hydrogens is 552 g/mol. The first kappa shape index (κ1) is 38.6. The minimum atomic E-state index is -2.74. The Balaban J connectivity index is -0.000000498. The van der Waals surface area contributed by atoms with Gasteiger partial charge in [0.1, 0.15) is 0 Å². The van der Waals surface area contributed by atoms with Gasteiger partial charge in [-0.1, -0.05) is 0 Å². The van der Waals surface area contributed by atoms with Crippen molar-refractivity contribution in [3.05, 3.63) is 0 Å². The average molecular weight is 576 g/mol. The Hall–Kier alpha value is -4.89. The van der Waals surface area contributed by atoms with Crippen molar-refractivity contribution in [1.82, 2.24) is 0 Å². The molecule has 0 spiro atoms. The second kappa shape index (κ2) is 16.1. The van der Waals surface area contributed by atoms with Gasteiger partial charge in [0.05, 0.1) is 38.5 Å². The van der Waals surface area contributed by atoms with E-state index in [9.17, 15) is 43.2 Å². The number of hydrogen-bond donors (Lipinski definition) is 12. The van der Waals surface area contributed by atoms with Crippen LogP contribution >= 0.6 is 0 Å². The lowest BCUT2D eigenvalue weighted by molar-refractivity contribution is -0.170. The summed E-state index contributed by atoms with van der Waals surface area (Å²) >= 11 is 0. The zero-order valence-corrected chi connectivity index (χ0v) is 19.3. The molecule has 0 bridgehead atoms. The average Bonchev–Trinajstić information content (AvgIpc) is 2.64. The molecule has 0 fully saturated rings. The molecule has 0 rings (SSSR count). The summed E-state index contributed by atoms with van der Waals surface area (Å²) in [4.78, 5) is 91.5. The molecule has 0 amide bonds. The third kappa shape index (κ3) is 17.2. The molecule has 0 saturated carbocycles. The molecule has 12 N–H and O–H groups in total. The fourth-order valence-electron chi connectivity index (χ4n) is 2.14. The number of aliphatic carboxylic acids is 9. The van der Waals surface area contributed by atoms with Crippen LogP contribution in [0.4, 0.5) is 0 Å². The number of carboxylic acid groups (broad SMARTS) is 9. The van der Waals surface area contributed by atoms with E-state index in [0.29, 0.717) is 0 Å². The lowest BCUT2D eigenvalue weighted by Gasteiger charge is -2.18. The maximum atomic E-state index is 10.3. The van der Waals surface area contributed by atoms with E-state index in [1.165, 1.54) is 0 Å². The van der Waals surface area contributed by atoms with Crippen LogP contribution in [0.25, 0.3) is 0 Å². The van der Waals surface area contributed by atoms with E-state index in [1.807, 2.05) is 0 Å². The first-order chi connectivity index (χ1) is 17.3. The molecule has 21 nitrogen and oxygen atoms in total. The molecule has 39 heavy (non-hydrogen) atoms. The molecule has 0 aromatic carbocycles. The smallest absolute Gasteiger partial charge is 0.336 e. The molecule has 0 aliphatic heterocycles. The maximum absolute atomic E-state index is 10.3. The Morgan fingerprint density at radius 2 is 0.410 bits per heavy atom. The summed E-state index contributed by atoms with van der Waals surface area (Å²) in [7, 11) is 0. The van der Waals surface area contributed by atoms with E-state index < -0.39 is 109 Å². The van der Waals surface area contributed by atoms with Gasteiger partial charge in [0.15, 0.2) is 16.8 Å². The fraction of sp³-hybridized carbons (Fsp3) is 0.500. The van der Waals surface area contributed by atoms with Gasteiger partial charge < -0.3 is 61.3 Å². The van der Waals surface area contributed by atoms with Gasteiger partial charge in [0.25, 0.3) is 0 Å². The van der Waals surface area contributed by atoms with Crippen molar-refractivity contribution in [2.24, 2.45) is 0 Å². The Labute approximate surface area is 214 Å². The van der Waals surface area contributed by atoms with E-state index in [2.05, 4.69) is 0 Å². The molecule has 0 aromatic rings. The van der Waals surface area contributed by atoms with Crippen molar-refractivity contribution in [3.63, 3.8) is 0 Å². The molecule has 21 heteroatoms. The van der Waals surface area contributed by atoms with Crippen molar-refractivity contribution in [2.45, 2.75) is 55.3 Å². The van der Waals surface area contributed by atoms with Crippen LogP contribution in [-0.2, 0) is 43.2 Å². The molecule has 0 heterocycles. The van der Waals surface area contributed by atoms with E-state index in [4.69, 9.17) is 61.3 Å². The lowest BCUT2D eigenvalue weighted by Crippen LogP contribution is -2.42. The molecular formula is C18H24O21. The molecule has 0 aliphatic rings. The van der Waals surface area contributed by atoms with E-state index in [0.717, 1.165) is 0 Å². The largest absolute Gasteiger partial charge is 0.481 e. The number of rotatable bonds is 15. The third-order valence-corrected chi connectivity index (χ3v) is 3.86. The van der Waals surface area contributed by atoms with Crippen molar-refractivity contribution in [1.29, 1.82) is 0 Å². The van der Waals surface area contributed by atoms with Crippen molar-refractivity contribution < 1.29 is 104 Å². The van der Waals surface area contributed by atoms with E-state index >= 15 is 0 Å². The van der Waals surface area contributed by atoms with Gasteiger partial charge in [-0.25, -0.2) is 14.4 Å². The first-order valence-corrected chi connectivity index (χ1v) is 9.51. The van der Waals surface area contributed by atoms with Gasteiger partial charge in [0.2, 0.25) is 0 Å². The summed E-state index contributed by atoms with van der Waals surface area (Å²) in [6.07, 6.45) is -6.87. The fourth-order valence-corrected chi connectivity index (χ4v) is 2.14. The number of aliphatic hydroxyl groups is 3. The summed E-state index contributed by atoms with van der Waals surface area (Å²) in [6, 6.07) is 0. The highest BCUT2D eigenvalue weighted by Gasteiger charge is 2.42. The molecule has 222 valence electrons. The van der Waals surface area contributed by atoms with Gasteiger partial charge in [-0.3, -0.25) is 28.8 Å². The first-order valence-electron chi connectivity index (χ1n) is 9.51. The zero-order chi connectivity index (χ0) is 31.9. The Bertz CT molecular complexity index is 806. The SMILES string of the molecule is O=C(O)CC(O)(CC(=O)O)C(=O)O.O=C(O)CC(O)(CC(=O)O)C(=O)O.O=C(O)CC(O)(CC(=O)O)C(=O)O. The zero-order valence-electron chi connectivity index (χ0n) is 19.3. The van der Waals surface area contributed by atoms with Crippen LogP contribution in [0.15, 0.2) is 0 Å². The number of carboxylic acids is 9. The van der Waals surface area contributed by atoms with Gasteiger partial charge in [0, 0.05) is 0 Å². The van der Waals surface area contributed by atoms with E-state index in [1.54, 1.807) is 0 Å². The summed E-state index contributed by atoms with van der Waals surface area (Å²) in [6.45, 7) is 0. The minimum absolute atomic E-state index is 1.14. The predicted molar refractivity (Wildman–Crippen MR) is 111 cm³/mol. The summed E-state index contributed by atoms with van der Waals surface area (Å²) in [5, 5.41) is 101. The Morgan fingerprint density at radius 1 is 0.308 bits per heavy atom. The van der Waals surface area contributed by atoms with Crippen molar-refractivity contribution >= 4 is 53.7 Å². The van der Waals surface area contributed by atoms with Crippen LogP contribution in [0.5, 0.6) is 0 Å². The van der Waals surface area contributed by atoms with E-state index in [-0.39, 0.29) is 0 Å². The van der Waals surface area contributed by atoms with Crippen LogP contribution in [0.2, 0.25) is 0 Å². The van der Waals surface area contributed by atoms with Crippen LogP contribution in [0.1, 0.15) is 38.5 Å². The van der Waals surface area contributed by atoms with Gasteiger partial charge in [-0.05, 0) is 0 Å². The normalized spacial score (nSPS) is 10.8. The van der Waals surface area contributed by atoms with Crippen LogP contribution in [0, 0.1) is 0 Å². The molecule has 0 aliphatic carbocycles. The summed E-state index contributed by atoms with van der Waals surface area (Å²) in [5.74, 6) is -15.1. The third-order valence-electron chi connectivity index (χ3n) is 3.86. The lowest BCUT2D eigenvalue weighted by atomic mass is 9.96. The van der Waals surface area contributed by atoms with Crippen LogP contribution < -0.4 is 0 Å². The maximum Gasteiger partial charge on any atom is 0.336 e. The monoisotopic (exact) mass is 576 g/mol. The molecule has 0 aromatic heterocycles. The quantitative estimate of drug-likeness (QED) is 0.0890. The number of carbonyl (C=O) groups is 9. The Kier molecular flexibility index (Phi) is 15.9. The van der Waals surface area contributed by atoms with Gasteiger partial charge in [-0.15, -0.1) is 0 Å². The molecule has 0 atom stereocenters. The summed E-state index contributed by atoms with van der Waals surface area (Å²) < 4.78 is 0. The second-order valence-electron chi connectivity index (χ2n) is 7.43. The minimum Gasteiger partial charge on any atom is -0.481 e. The van der Waals surface area contributed by atoms with Crippen LogP contribution in [0.3, 0.4) is 0 Å². The van der Waals surface area contributed by atoms with Crippen LogP contribution in [-0.4, -0.2) is 132 Å². The van der Waals surface area contributed by atoms with Crippen molar-refractivity contribution in [3.8, 4) is 0 Å².